The number of fused-ring (bicyclic) bond motifs is 1. The summed E-state index contributed by atoms with van der Waals surface area (Å²) in [5.74, 6) is 3.69. The molecule has 1 aliphatic carbocycles. The third kappa shape index (κ3) is 1.99. The van der Waals surface area contributed by atoms with E-state index >= 15 is 0 Å². The zero-order chi connectivity index (χ0) is 14.7. The van der Waals surface area contributed by atoms with Crippen molar-refractivity contribution in [3.05, 3.63) is 40.2 Å². The lowest BCUT2D eigenvalue weighted by Crippen LogP contribution is -1.94. The molecule has 0 saturated heterocycles. The van der Waals surface area contributed by atoms with Crippen LogP contribution in [0.4, 0.5) is 5.82 Å². The number of nitrogens with zero attached hydrogens (tertiary/aromatic N) is 2. The molecule has 0 radical (unpaired) electrons. The zero-order valence-electron chi connectivity index (χ0n) is 11.9. The van der Waals surface area contributed by atoms with Crippen molar-refractivity contribution in [3.63, 3.8) is 0 Å². The molecule has 3 aromatic rings. The van der Waals surface area contributed by atoms with Crippen molar-refractivity contribution in [1.29, 1.82) is 0 Å². The number of nitrogens with two attached hydrogens (primary N) is 1. The molecule has 1 fully saturated rings. The van der Waals surface area contributed by atoms with E-state index in [1.807, 2.05) is 35.7 Å². The summed E-state index contributed by atoms with van der Waals surface area (Å²) in [7, 11) is 0. The minimum absolute atomic E-state index is 0.563. The first-order chi connectivity index (χ1) is 10.0. The number of halogens is 1. The molecule has 2 N–H and O–H groups in total. The molecule has 0 spiro atoms. The van der Waals surface area contributed by atoms with E-state index in [1.165, 1.54) is 6.42 Å². The van der Waals surface area contributed by atoms with Gasteiger partial charge in [0.1, 0.15) is 22.9 Å². The van der Waals surface area contributed by atoms with Gasteiger partial charge in [0.15, 0.2) is 5.76 Å². The summed E-state index contributed by atoms with van der Waals surface area (Å²) >= 11 is 3.53. The maximum Gasteiger partial charge on any atom is 0.156 e. The molecule has 2 unspecified atom stereocenters. The molecule has 0 aromatic carbocycles. The number of pyridine rings is 1. The highest BCUT2D eigenvalue weighted by atomic mass is 79.9. The molecule has 0 aliphatic heterocycles. The predicted octanol–water partition coefficient (Wildman–Crippen LogP) is 4.37. The van der Waals surface area contributed by atoms with Crippen LogP contribution in [-0.2, 0) is 0 Å². The molecule has 1 aliphatic rings. The number of rotatable bonds is 2. The van der Waals surface area contributed by atoms with Crippen LogP contribution in [0.15, 0.2) is 33.3 Å². The molecule has 4 rings (SSSR count). The van der Waals surface area contributed by atoms with Gasteiger partial charge in [-0.3, -0.25) is 4.40 Å². The molecule has 1 saturated carbocycles. The van der Waals surface area contributed by atoms with Gasteiger partial charge in [-0.1, -0.05) is 6.92 Å². The van der Waals surface area contributed by atoms with Crippen molar-refractivity contribution < 1.29 is 4.42 Å². The lowest BCUT2D eigenvalue weighted by atomic mass is 10.2. The fraction of sp³-hybridized carbons (Fsp3) is 0.312. The number of aromatic nitrogens is 2. The van der Waals surface area contributed by atoms with Gasteiger partial charge in [-0.25, -0.2) is 4.98 Å². The highest BCUT2D eigenvalue weighted by Crippen LogP contribution is 2.48. The maximum absolute atomic E-state index is 6.24. The van der Waals surface area contributed by atoms with Crippen LogP contribution in [0.5, 0.6) is 0 Å². The predicted molar refractivity (Wildman–Crippen MR) is 86.3 cm³/mol. The minimum Gasteiger partial charge on any atom is -0.459 e. The Morgan fingerprint density at radius 3 is 2.90 bits per heavy atom. The first kappa shape index (κ1) is 13.0. The Labute approximate surface area is 131 Å². The molecule has 2 atom stereocenters. The molecule has 5 heteroatoms. The quantitative estimate of drug-likeness (QED) is 0.750. The van der Waals surface area contributed by atoms with Crippen LogP contribution in [0, 0.1) is 12.8 Å². The fourth-order valence-corrected chi connectivity index (χ4v) is 3.08. The van der Waals surface area contributed by atoms with E-state index in [1.54, 1.807) is 0 Å². The van der Waals surface area contributed by atoms with E-state index in [2.05, 4.69) is 27.8 Å². The Morgan fingerprint density at radius 2 is 2.19 bits per heavy atom. The number of hydrogen-bond acceptors (Lipinski definition) is 3. The number of nitrogen functional groups attached to an aromatic ring is 1. The lowest BCUT2D eigenvalue weighted by molar-refractivity contribution is 0.517. The van der Waals surface area contributed by atoms with Gasteiger partial charge in [-0.15, -0.1) is 0 Å². The number of anilines is 1. The van der Waals surface area contributed by atoms with E-state index in [0.29, 0.717) is 17.4 Å². The average Bonchev–Trinajstić information content (AvgIpc) is 2.86. The third-order valence-electron chi connectivity index (χ3n) is 4.28. The molecule has 4 nitrogen and oxygen atoms in total. The summed E-state index contributed by atoms with van der Waals surface area (Å²) in [5.41, 5.74) is 8.92. The molecule has 0 amide bonds. The van der Waals surface area contributed by atoms with E-state index in [0.717, 1.165) is 33.1 Å². The van der Waals surface area contributed by atoms with E-state index < -0.39 is 0 Å². The van der Waals surface area contributed by atoms with Crippen LogP contribution in [0.3, 0.4) is 0 Å². The number of hydrogen-bond donors (Lipinski definition) is 1. The zero-order valence-corrected chi connectivity index (χ0v) is 13.5. The molecule has 21 heavy (non-hydrogen) atoms. The van der Waals surface area contributed by atoms with Crippen LogP contribution in [0.25, 0.3) is 17.1 Å². The second kappa shape index (κ2) is 4.37. The summed E-state index contributed by atoms with van der Waals surface area (Å²) in [6, 6.07) is 6.03. The Bertz CT molecular complexity index is 849. The van der Waals surface area contributed by atoms with Crippen LogP contribution in [-0.4, -0.2) is 9.38 Å². The smallest absolute Gasteiger partial charge is 0.156 e. The highest BCUT2D eigenvalue weighted by molar-refractivity contribution is 9.10. The van der Waals surface area contributed by atoms with E-state index in [-0.39, 0.29) is 0 Å². The second-order valence-corrected chi connectivity index (χ2v) is 6.75. The van der Waals surface area contributed by atoms with Gasteiger partial charge >= 0.3 is 0 Å². The minimum atomic E-state index is 0.563. The van der Waals surface area contributed by atoms with Crippen LogP contribution in [0.1, 0.15) is 30.6 Å². The van der Waals surface area contributed by atoms with Crippen molar-refractivity contribution in [1.82, 2.24) is 9.38 Å². The van der Waals surface area contributed by atoms with Gasteiger partial charge in [0, 0.05) is 16.6 Å². The Kier molecular flexibility index (Phi) is 2.70. The Balaban J connectivity index is 1.82. The largest absolute Gasteiger partial charge is 0.459 e. The van der Waals surface area contributed by atoms with Crippen molar-refractivity contribution in [2.24, 2.45) is 5.92 Å². The molecule has 3 aromatic heterocycles. The van der Waals surface area contributed by atoms with Gasteiger partial charge in [-0.2, -0.15) is 0 Å². The van der Waals surface area contributed by atoms with Gasteiger partial charge in [-0.05, 0) is 59.0 Å². The van der Waals surface area contributed by atoms with Crippen molar-refractivity contribution in [2.45, 2.75) is 26.2 Å². The molecule has 3 heterocycles. The van der Waals surface area contributed by atoms with Gasteiger partial charge < -0.3 is 10.2 Å². The SMILES string of the molecule is Cc1cc2nc(-c3ccc(C4CC4C)o3)c(N)n2cc1Br. The van der Waals surface area contributed by atoms with Gasteiger partial charge in [0.25, 0.3) is 0 Å². The average molecular weight is 346 g/mol. The van der Waals surface area contributed by atoms with Crippen LogP contribution in [0.2, 0.25) is 0 Å². The van der Waals surface area contributed by atoms with E-state index in [9.17, 15) is 0 Å². The molecule has 108 valence electrons. The standard InChI is InChI=1S/C16H16BrN3O/c1-8-5-10(8)12-3-4-13(21-12)15-16(18)20-7-11(17)9(2)6-14(20)19-15/h3-4,6-8,10H,5,18H2,1-2H3. The van der Waals surface area contributed by atoms with Crippen molar-refractivity contribution in [3.8, 4) is 11.5 Å². The summed E-state index contributed by atoms with van der Waals surface area (Å²) < 4.78 is 8.86. The first-order valence-corrected chi connectivity index (χ1v) is 7.87. The number of furan rings is 1. The second-order valence-electron chi connectivity index (χ2n) is 5.90. The van der Waals surface area contributed by atoms with Gasteiger partial charge in [0.05, 0.1) is 0 Å². The van der Waals surface area contributed by atoms with Gasteiger partial charge in [0.2, 0.25) is 0 Å². The molecule has 0 bridgehead atoms. The van der Waals surface area contributed by atoms with Crippen molar-refractivity contribution >= 4 is 27.4 Å². The normalized spacial score (nSPS) is 21.1. The summed E-state index contributed by atoms with van der Waals surface area (Å²) in [4.78, 5) is 4.62. The monoisotopic (exact) mass is 345 g/mol. The number of imidazole rings is 1. The molecular formula is C16H16BrN3O. The van der Waals surface area contributed by atoms with Crippen molar-refractivity contribution in [2.75, 3.05) is 5.73 Å². The Morgan fingerprint density at radius 1 is 1.43 bits per heavy atom. The summed E-state index contributed by atoms with van der Waals surface area (Å²) in [6.07, 6.45) is 3.16. The lowest BCUT2D eigenvalue weighted by Gasteiger charge is -2.00. The highest BCUT2D eigenvalue weighted by Gasteiger charge is 2.36. The van der Waals surface area contributed by atoms with Crippen LogP contribution >= 0.6 is 15.9 Å². The third-order valence-corrected chi connectivity index (χ3v) is 5.11. The molecular weight excluding hydrogens is 330 g/mol. The topological polar surface area (TPSA) is 56.5 Å². The Hall–Kier alpha value is -1.75. The maximum atomic E-state index is 6.24. The van der Waals surface area contributed by atoms with E-state index in [4.69, 9.17) is 10.2 Å². The number of aryl methyl sites for hydroxylation is 1. The summed E-state index contributed by atoms with van der Waals surface area (Å²) in [5, 5.41) is 0. The van der Waals surface area contributed by atoms with Crippen LogP contribution < -0.4 is 5.73 Å². The summed E-state index contributed by atoms with van der Waals surface area (Å²) in [6.45, 7) is 4.28. The fourth-order valence-electron chi connectivity index (χ4n) is 2.76. The first-order valence-electron chi connectivity index (χ1n) is 7.08.